The Bertz CT molecular complexity index is 429. The number of esters is 1. The Labute approximate surface area is 99.9 Å². The van der Waals surface area contributed by atoms with E-state index in [2.05, 4.69) is 19.1 Å². The molecule has 0 aromatic carbocycles. The van der Waals surface area contributed by atoms with Crippen molar-refractivity contribution in [2.45, 2.75) is 33.1 Å². The van der Waals surface area contributed by atoms with E-state index in [0.29, 0.717) is 13.0 Å². The molecule has 0 saturated carbocycles. The number of hydrogen-bond donors (Lipinski definition) is 0. The zero-order chi connectivity index (χ0) is 11.5. The summed E-state index contributed by atoms with van der Waals surface area (Å²) in [6.07, 6.45) is 4.74. The highest BCUT2D eigenvalue weighted by molar-refractivity contribution is 7.12. The van der Waals surface area contributed by atoms with Crippen LogP contribution < -0.4 is 0 Å². The van der Waals surface area contributed by atoms with Crippen molar-refractivity contribution in [3.8, 4) is 0 Å². The van der Waals surface area contributed by atoms with Crippen molar-refractivity contribution < 1.29 is 9.53 Å². The van der Waals surface area contributed by atoms with Gasteiger partial charge in [-0.2, -0.15) is 0 Å². The molecular weight excluding hydrogens is 220 g/mol. The largest absolute Gasteiger partial charge is 0.466 e. The molecule has 0 N–H and O–H groups in total. The first-order valence-electron chi connectivity index (χ1n) is 5.65. The SMILES string of the molecule is CCOC(=O)CC1=CCCc2sc(C)cc21. The third-order valence-electron chi connectivity index (χ3n) is 2.68. The number of rotatable bonds is 3. The fourth-order valence-corrected chi connectivity index (χ4v) is 3.13. The predicted molar refractivity (Wildman–Crippen MR) is 66.6 cm³/mol. The summed E-state index contributed by atoms with van der Waals surface area (Å²) in [6.45, 7) is 4.42. The average Bonchev–Trinajstić information content (AvgIpc) is 2.60. The first kappa shape index (κ1) is 11.4. The fourth-order valence-electron chi connectivity index (χ4n) is 2.04. The number of ether oxygens (including phenoxy) is 1. The third-order valence-corrected chi connectivity index (χ3v) is 3.79. The second-order valence-corrected chi connectivity index (χ2v) is 5.28. The van der Waals surface area contributed by atoms with Crippen LogP contribution in [-0.2, 0) is 16.0 Å². The Balaban J connectivity index is 2.16. The highest BCUT2D eigenvalue weighted by atomic mass is 32.1. The lowest BCUT2D eigenvalue weighted by Gasteiger charge is -2.12. The van der Waals surface area contributed by atoms with Gasteiger partial charge in [0.1, 0.15) is 0 Å². The van der Waals surface area contributed by atoms with Crippen LogP contribution in [0.15, 0.2) is 12.1 Å². The van der Waals surface area contributed by atoms with E-state index in [4.69, 9.17) is 4.74 Å². The maximum absolute atomic E-state index is 11.5. The molecule has 0 bridgehead atoms. The summed E-state index contributed by atoms with van der Waals surface area (Å²) in [5.41, 5.74) is 2.41. The first-order valence-corrected chi connectivity index (χ1v) is 6.46. The molecule has 86 valence electrons. The molecule has 1 aromatic rings. The van der Waals surface area contributed by atoms with Gasteiger partial charge < -0.3 is 4.74 Å². The summed E-state index contributed by atoms with van der Waals surface area (Å²) in [5.74, 6) is -0.120. The van der Waals surface area contributed by atoms with Crippen molar-refractivity contribution >= 4 is 22.9 Å². The highest BCUT2D eigenvalue weighted by Gasteiger charge is 2.17. The van der Waals surface area contributed by atoms with Crippen LogP contribution >= 0.6 is 11.3 Å². The lowest BCUT2D eigenvalue weighted by atomic mass is 9.95. The number of thiophene rings is 1. The zero-order valence-corrected chi connectivity index (χ0v) is 10.5. The van der Waals surface area contributed by atoms with Crippen LogP contribution in [0.25, 0.3) is 5.57 Å². The second-order valence-electron chi connectivity index (χ2n) is 3.94. The number of carbonyl (C=O) groups excluding carboxylic acids is 1. The van der Waals surface area contributed by atoms with E-state index < -0.39 is 0 Å². The summed E-state index contributed by atoms with van der Waals surface area (Å²) in [5, 5.41) is 0. The molecule has 0 unspecified atom stereocenters. The van der Waals surface area contributed by atoms with Crippen LogP contribution in [0.3, 0.4) is 0 Å². The van der Waals surface area contributed by atoms with Gasteiger partial charge in [0, 0.05) is 9.75 Å². The van der Waals surface area contributed by atoms with Crippen molar-refractivity contribution in [2.75, 3.05) is 6.61 Å². The van der Waals surface area contributed by atoms with E-state index in [0.717, 1.165) is 18.4 Å². The van der Waals surface area contributed by atoms with Crippen LogP contribution in [0, 0.1) is 6.92 Å². The van der Waals surface area contributed by atoms with Gasteiger partial charge in [-0.05, 0) is 43.9 Å². The molecule has 1 aromatic heterocycles. The molecule has 1 aliphatic carbocycles. The maximum atomic E-state index is 11.5. The highest BCUT2D eigenvalue weighted by Crippen LogP contribution is 2.34. The molecule has 0 aliphatic heterocycles. The minimum atomic E-state index is -0.120. The molecular formula is C13H16O2S. The van der Waals surface area contributed by atoms with E-state index in [-0.39, 0.29) is 5.97 Å². The normalized spacial score (nSPS) is 14.2. The molecule has 1 heterocycles. The van der Waals surface area contributed by atoms with Gasteiger partial charge in [-0.3, -0.25) is 4.79 Å². The molecule has 0 atom stereocenters. The van der Waals surface area contributed by atoms with E-state index in [1.54, 1.807) is 0 Å². The minimum absolute atomic E-state index is 0.120. The lowest BCUT2D eigenvalue weighted by Crippen LogP contribution is -2.06. The summed E-state index contributed by atoms with van der Waals surface area (Å²) in [6, 6.07) is 2.18. The fraction of sp³-hybridized carbons (Fsp3) is 0.462. The monoisotopic (exact) mass is 236 g/mol. The van der Waals surface area contributed by atoms with Gasteiger partial charge in [0.2, 0.25) is 0 Å². The average molecular weight is 236 g/mol. The number of aryl methyl sites for hydroxylation is 2. The van der Waals surface area contributed by atoms with Crippen LogP contribution in [-0.4, -0.2) is 12.6 Å². The molecule has 2 rings (SSSR count). The summed E-state index contributed by atoms with van der Waals surface area (Å²) >= 11 is 1.84. The Morgan fingerprint density at radius 2 is 2.38 bits per heavy atom. The van der Waals surface area contributed by atoms with Crippen molar-refractivity contribution in [2.24, 2.45) is 0 Å². The molecule has 16 heavy (non-hydrogen) atoms. The number of fused-ring (bicyclic) bond motifs is 1. The van der Waals surface area contributed by atoms with E-state index in [1.807, 2.05) is 18.3 Å². The molecule has 0 saturated heterocycles. The van der Waals surface area contributed by atoms with E-state index in [1.165, 1.54) is 15.3 Å². The minimum Gasteiger partial charge on any atom is -0.466 e. The van der Waals surface area contributed by atoms with E-state index in [9.17, 15) is 4.79 Å². The van der Waals surface area contributed by atoms with Crippen molar-refractivity contribution in [1.29, 1.82) is 0 Å². The summed E-state index contributed by atoms with van der Waals surface area (Å²) in [7, 11) is 0. The topological polar surface area (TPSA) is 26.3 Å². The van der Waals surface area contributed by atoms with Gasteiger partial charge >= 0.3 is 5.97 Å². The standard InChI is InChI=1S/C13H16O2S/c1-3-15-13(14)8-10-5-4-6-12-11(10)7-9(2)16-12/h5,7H,3-4,6,8H2,1-2H3. The lowest BCUT2D eigenvalue weighted by molar-refractivity contribution is -0.141. The van der Waals surface area contributed by atoms with Gasteiger partial charge in [-0.15, -0.1) is 11.3 Å². The molecule has 0 amide bonds. The number of allylic oxidation sites excluding steroid dienone is 1. The van der Waals surface area contributed by atoms with Crippen LogP contribution in [0.4, 0.5) is 0 Å². The van der Waals surface area contributed by atoms with Gasteiger partial charge in [-0.1, -0.05) is 6.08 Å². The van der Waals surface area contributed by atoms with E-state index >= 15 is 0 Å². The van der Waals surface area contributed by atoms with Gasteiger partial charge in [0.05, 0.1) is 13.0 Å². The Hall–Kier alpha value is -1.09. The second kappa shape index (κ2) is 4.83. The quantitative estimate of drug-likeness (QED) is 0.752. The van der Waals surface area contributed by atoms with Crippen molar-refractivity contribution in [3.63, 3.8) is 0 Å². The smallest absolute Gasteiger partial charge is 0.310 e. The molecule has 3 heteroatoms. The van der Waals surface area contributed by atoms with Gasteiger partial charge in [0.25, 0.3) is 0 Å². The summed E-state index contributed by atoms with van der Waals surface area (Å²) in [4.78, 5) is 14.2. The molecule has 2 nitrogen and oxygen atoms in total. The van der Waals surface area contributed by atoms with Crippen LogP contribution in [0.1, 0.15) is 35.1 Å². The number of carbonyl (C=O) groups is 1. The summed E-state index contributed by atoms with van der Waals surface area (Å²) < 4.78 is 4.99. The maximum Gasteiger partial charge on any atom is 0.310 e. The van der Waals surface area contributed by atoms with Crippen molar-refractivity contribution in [3.05, 3.63) is 27.5 Å². The van der Waals surface area contributed by atoms with Crippen LogP contribution in [0.5, 0.6) is 0 Å². The predicted octanol–water partition coefficient (Wildman–Crippen LogP) is 3.34. The Morgan fingerprint density at radius 3 is 3.12 bits per heavy atom. The Kier molecular flexibility index (Phi) is 3.44. The number of hydrogen-bond acceptors (Lipinski definition) is 3. The van der Waals surface area contributed by atoms with Crippen molar-refractivity contribution in [1.82, 2.24) is 0 Å². The van der Waals surface area contributed by atoms with Crippen LogP contribution in [0.2, 0.25) is 0 Å². The first-order chi connectivity index (χ1) is 7.70. The van der Waals surface area contributed by atoms with Gasteiger partial charge in [0.15, 0.2) is 0 Å². The molecule has 0 spiro atoms. The Morgan fingerprint density at radius 1 is 1.56 bits per heavy atom. The molecule has 0 fully saturated rings. The van der Waals surface area contributed by atoms with Gasteiger partial charge in [-0.25, -0.2) is 0 Å². The molecule has 1 aliphatic rings. The zero-order valence-electron chi connectivity index (χ0n) is 9.71. The molecule has 0 radical (unpaired) electrons. The third kappa shape index (κ3) is 2.35.